The summed E-state index contributed by atoms with van der Waals surface area (Å²) in [6, 6.07) is 5.10. The van der Waals surface area contributed by atoms with Gasteiger partial charge in [0.05, 0.1) is 43.4 Å². The number of phenols is 1. The third kappa shape index (κ3) is 7.78. The van der Waals surface area contributed by atoms with Crippen LogP contribution < -0.4 is 0 Å². The third-order valence-corrected chi connectivity index (χ3v) is 10.6. The fourth-order valence-electron chi connectivity index (χ4n) is 7.26. The molecule has 44 heavy (non-hydrogen) atoms. The van der Waals surface area contributed by atoms with Crippen molar-refractivity contribution in [3.63, 3.8) is 0 Å². The molecule has 3 N–H and O–H groups in total. The van der Waals surface area contributed by atoms with Crippen molar-refractivity contribution < 1.29 is 48.6 Å². The SMILES string of the molecule is CO[C@@H](CC[C@H](C)[C@H]1OC2C[C@H](OC(=O)C[C@H]([C@@H](C)O)OC(=O)C[C@]3(O)OC2C(C)(C)C[C@H]3C)[C@@H]1C)c1cc(O)ccc1Br. The number of hydrogen-bond acceptors (Lipinski definition) is 10. The number of hydrogen-bond donors (Lipinski definition) is 3. The van der Waals surface area contributed by atoms with Gasteiger partial charge >= 0.3 is 11.9 Å². The molecule has 3 aliphatic heterocycles. The van der Waals surface area contributed by atoms with Gasteiger partial charge in [-0.05, 0) is 61.3 Å². The predicted molar refractivity (Wildman–Crippen MR) is 164 cm³/mol. The zero-order chi connectivity index (χ0) is 32.6. The molecule has 0 amide bonds. The van der Waals surface area contributed by atoms with E-state index in [1.54, 1.807) is 25.3 Å². The standard InChI is InChI=1S/C33H49BrO10/c1-17(8-11-24(40-7)22-12-21(36)9-10-23(22)34)30-19(3)25-13-27(43-30)31-32(5,6)15-18(2)33(39,44-31)16-29(38)42-26(20(4)35)14-28(37)41-25/h9-10,12,17-20,24-27,30-31,35-36,39H,8,11,13-16H2,1-7H3/t17-,18+,19-,20+,24-,25-,26+,27?,30+,31?,33-/m0/s1. The van der Waals surface area contributed by atoms with E-state index in [0.29, 0.717) is 25.7 Å². The van der Waals surface area contributed by atoms with Gasteiger partial charge in [0.1, 0.15) is 18.0 Å². The zero-order valence-electron chi connectivity index (χ0n) is 26.8. The van der Waals surface area contributed by atoms with Gasteiger partial charge in [-0.1, -0.05) is 50.5 Å². The van der Waals surface area contributed by atoms with Crippen molar-refractivity contribution in [2.45, 2.75) is 129 Å². The largest absolute Gasteiger partial charge is 0.508 e. The highest BCUT2D eigenvalue weighted by Crippen LogP contribution is 2.49. The first-order chi connectivity index (χ1) is 20.5. The lowest BCUT2D eigenvalue weighted by Crippen LogP contribution is -2.61. The summed E-state index contributed by atoms with van der Waals surface area (Å²) in [5, 5.41) is 32.0. The molecule has 1 aromatic rings. The molecule has 0 aliphatic carbocycles. The normalized spacial score (nSPS) is 36.5. The number of fused-ring (bicyclic) bond motifs is 5. The van der Waals surface area contributed by atoms with Crippen LogP contribution in [0, 0.1) is 23.2 Å². The first kappa shape index (κ1) is 35.1. The molecule has 2 unspecified atom stereocenters. The summed E-state index contributed by atoms with van der Waals surface area (Å²) in [6.45, 7) is 11.5. The Balaban J connectivity index is 1.63. The highest BCUT2D eigenvalue weighted by atomic mass is 79.9. The Kier molecular flexibility index (Phi) is 11.1. The van der Waals surface area contributed by atoms with Crippen molar-refractivity contribution in [2.24, 2.45) is 23.2 Å². The van der Waals surface area contributed by atoms with E-state index in [1.807, 2.05) is 13.8 Å². The number of ether oxygens (including phenoxy) is 5. The van der Waals surface area contributed by atoms with Crippen LogP contribution in [-0.2, 0) is 33.3 Å². The van der Waals surface area contributed by atoms with Gasteiger partial charge < -0.3 is 39.0 Å². The molecule has 4 bridgehead atoms. The molecule has 0 radical (unpaired) electrons. The van der Waals surface area contributed by atoms with Crippen molar-refractivity contribution in [2.75, 3.05) is 7.11 Å². The topological polar surface area (TPSA) is 141 Å². The van der Waals surface area contributed by atoms with Gasteiger partial charge in [0, 0.05) is 29.8 Å². The van der Waals surface area contributed by atoms with Crippen molar-refractivity contribution in [3.8, 4) is 5.75 Å². The smallest absolute Gasteiger partial charge is 0.311 e. The number of aliphatic hydroxyl groups excluding tert-OH is 1. The Morgan fingerprint density at radius 3 is 2.45 bits per heavy atom. The molecule has 11 heteroatoms. The Labute approximate surface area is 268 Å². The highest BCUT2D eigenvalue weighted by molar-refractivity contribution is 9.10. The van der Waals surface area contributed by atoms with Crippen LogP contribution in [0.2, 0.25) is 0 Å². The lowest BCUT2D eigenvalue weighted by atomic mass is 9.69. The van der Waals surface area contributed by atoms with Crippen molar-refractivity contribution in [3.05, 3.63) is 28.2 Å². The van der Waals surface area contributed by atoms with E-state index >= 15 is 0 Å². The average Bonchev–Trinajstić information content (AvgIpc) is 2.93. The molecule has 0 aromatic heterocycles. The molecule has 3 heterocycles. The van der Waals surface area contributed by atoms with Crippen LogP contribution in [-0.4, -0.2) is 76.8 Å². The molecule has 3 fully saturated rings. The minimum absolute atomic E-state index is 0.0121. The summed E-state index contributed by atoms with van der Waals surface area (Å²) in [7, 11) is 1.64. The van der Waals surface area contributed by atoms with Crippen molar-refractivity contribution >= 4 is 27.9 Å². The van der Waals surface area contributed by atoms with Gasteiger partial charge in [-0.15, -0.1) is 0 Å². The van der Waals surface area contributed by atoms with Crippen LogP contribution >= 0.6 is 15.9 Å². The second-order valence-electron chi connectivity index (χ2n) is 13.9. The number of aliphatic hydroxyl groups is 2. The maximum atomic E-state index is 13.2. The quantitative estimate of drug-likeness (QED) is 0.329. The molecule has 0 saturated carbocycles. The molecular weight excluding hydrogens is 636 g/mol. The summed E-state index contributed by atoms with van der Waals surface area (Å²) in [5.74, 6) is -3.53. The summed E-state index contributed by atoms with van der Waals surface area (Å²) >= 11 is 3.57. The number of aromatic hydroxyl groups is 1. The number of carbonyl (C=O) groups is 2. The van der Waals surface area contributed by atoms with Gasteiger partial charge in [-0.2, -0.15) is 0 Å². The molecule has 4 rings (SSSR count). The average molecular weight is 686 g/mol. The van der Waals surface area contributed by atoms with E-state index in [4.69, 9.17) is 23.7 Å². The van der Waals surface area contributed by atoms with Crippen LogP contribution in [0.15, 0.2) is 22.7 Å². The first-order valence-corrected chi connectivity index (χ1v) is 16.5. The fourth-order valence-corrected chi connectivity index (χ4v) is 7.76. The van der Waals surface area contributed by atoms with E-state index in [-0.39, 0.29) is 42.1 Å². The van der Waals surface area contributed by atoms with Gasteiger partial charge in [0.15, 0.2) is 5.79 Å². The molecule has 0 spiro atoms. The molecule has 3 aliphatic rings. The molecular formula is C33H49BrO10. The van der Waals surface area contributed by atoms with Crippen LogP contribution in [0.25, 0.3) is 0 Å². The third-order valence-electron chi connectivity index (χ3n) is 9.87. The summed E-state index contributed by atoms with van der Waals surface area (Å²) in [5.41, 5.74) is 0.427. The van der Waals surface area contributed by atoms with Gasteiger partial charge in [-0.25, -0.2) is 0 Å². The molecule has 1 aromatic carbocycles. The molecule has 10 nitrogen and oxygen atoms in total. The minimum atomic E-state index is -1.80. The number of carbonyl (C=O) groups excluding carboxylic acids is 2. The van der Waals surface area contributed by atoms with Crippen LogP contribution in [0.1, 0.15) is 91.7 Å². The number of rotatable bonds is 7. The second kappa shape index (κ2) is 13.9. The maximum Gasteiger partial charge on any atom is 0.311 e. The second-order valence-corrected chi connectivity index (χ2v) is 14.7. The molecule has 3 saturated heterocycles. The number of esters is 2. The fraction of sp³-hybridized carbons (Fsp3) is 0.758. The van der Waals surface area contributed by atoms with Crippen LogP contribution in [0.5, 0.6) is 5.75 Å². The lowest BCUT2D eigenvalue weighted by molar-refractivity contribution is -0.337. The molecule has 11 atom stereocenters. The Bertz CT molecular complexity index is 1170. The Morgan fingerprint density at radius 1 is 1.09 bits per heavy atom. The van der Waals surface area contributed by atoms with E-state index in [1.165, 1.54) is 6.92 Å². The van der Waals surface area contributed by atoms with Crippen molar-refractivity contribution in [1.29, 1.82) is 0 Å². The molecule has 248 valence electrons. The summed E-state index contributed by atoms with van der Waals surface area (Å²) < 4.78 is 31.4. The number of methoxy groups -OCH3 is 1. The number of halogens is 1. The maximum absolute atomic E-state index is 13.2. The first-order valence-electron chi connectivity index (χ1n) is 15.7. The van der Waals surface area contributed by atoms with Gasteiger partial charge in [-0.3, -0.25) is 9.59 Å². The van der Waals surface area contributed by atoms with E-state index in [9.17, 15) is 24.9 Å². The Morgan fingerprint density at radius 2 is 1.80 bits per heavy atom. The van der Waals surface area contributed by atoms with Gasteiger partial charge in [0.2, 0.25) is 0 Å². The van der Waals surface area contributed by atoms with E-state index in [0.717, 1.165) is 10.0 Å². The summed E-state index contributed by atoms with van der Waals surface area (Å²) in [6.07, 6.45) is -2.91. The monoisotopic (exact) mass is 684 g/mol. The van der Waals surface area contributed by atoms with E-state index < -0.39 is 60.1 Å². The zero-order valence-corrected chi connectivity index (χ0v) is 28.4. The predicted octanol–water partition coefficient (Wildman–Crippen LogP) is 5.19. The number of benzene rings is 1. The number of cyclic esters (lactones) is 1. The Hall–Kier alpha value is -1.76. The van der Waals surface area contributed by atoms with Gasteiger partial charge in [0.25, 0.3) is 0 Å². The van der Waals surface area contributed by atoms with Crippen LogP contribution in [0.3, 0.4) is 0 Å². The van der Waals surface area contributed by atoms with Crippen LogP contribution in [0.4, 0.5) is 0 Å². The summed E-state index contributed by atoms with van der Waals surface area (Å²) in [4.78, 5) is 26.1. The number of phenolic OH excluding ortho intramolecular Hbond substituents is 1. The highest BCUT2D eigenvalue weighted by Gasteiger charge is 2.56. The van der Waals surface area contributed by atoms with E-state index in [2.05, 4.69) is 36.7 Å². The lowest BCUT2D eigenvalue weighted by Gasteiger charge is -2.54. The minimum Gasteiger partial charge on any atom is -0.508 e. The van der Waals surface area contributed by atoms with Crippen molar-refractivity contribution in [1.82, 2.24) is 0 Å².